The quantitative estimate of drug-likeness (QED) is 0.807. The Morgan fingerprint density at radius 3 is 2.84 bits per heavy atom. The molecule has 2 aliphatic rings. The van der Waals surface area contributed by atoms with Crippen LogP contribution in [0.15, 0.2) is 18.3 Å². The average molecular weight is 262 g/mol. The minimum absolute atomic E-state index is 0.0815. The topological polar surface area (TPSA) is 71.2 Å². The van der Waals surface area contributed by atoms with Crippen molar-refractivity contribution < 1.29 is 14.3 Å². The van der Waals surface area contributed by atoms with Crippen LogP contribution < -0.4 is 5.32 Å². The van der Waals surface area contributed by atoms with Crippen molar-refractivity contribution in [3.63, 3.8) is 0 Å². The molecule has 19 heavy (non-hydrogen) atoms. The maximum Gasteiger partial charge on any atom is 0.311 e. The van der Waals surface area contributed by atoms with Crippen molar-refractivity contribution in [2.24, 2.45) is 17.8 Å². The Balaban J connectivity index is 1.75. The van der Waals surface area contributed by atoms with Crippen LogP contribution in [0.2, 0.25) is 0 Å². The van der Waals surface area contributed by atoms with Crippen LogP contribution in [-0.4, -0.2) is 30.0 Å². The molecule has 2 N–H and O–H groups in total. The molecule has 4 atom stereocenters. The van der Waals surface area contributed by atoms with Crippen LogP contribution in [0, 0.1) is 17.8 Å². The summed E-state index contributed by atoms with van der Waals surface area (Å²) in [6, 6.07) is 3.44. The Kier molecular flexibility index (Phi) is 3.05. The lowest BCUT2D eigenvalue weighted by Crippen LogP contribution is -2.47. The number of esters is 1. The van der Waals surface area contributed by atoms with Gasteiger partial charge >= 0.3 is 5.97 Å². The molecule has 0 aromatic carbocycles. The van der Waals surface area contributed by atoms with E-state index in [1.165, 1.54) is 7.11 Å². The van der Waals surface area contributed by atoms with E-state index in [1.807, 2.05) is 0 Å². The molecule has 5 nitrogen and oxygen atoms in total. The van der Waals surface area contributed by atoms with Gasteiger partial charge in [-0.05, 0) is 43.2 Å². The Bertz CT molecular complexity index is 483. The lowest BCUT2D eigenvalue weighted by molar-refractivity contribution is -0.148. The van der Waals surface area contributed by atoms with Crippen molar-refractivity contribution >= 4 is 11.9 Å². The molecule has 0 unspecified atom stereocenters. The van der Waals surface area contributed by atoms with Crippen LogP contribution in [0.4, 0.5) is 0 Å². The summed E-state index contributed by atoms with van der Waals surface area (Å²) in [5, 5.41) is 3.01. The Labute approximate surface area is 111 Å². The number of hydrogen-bond acceptors (Lipinski definition) is 3. The molecule has 0 saturated heterocycles. The molecule has 1 heterocycles. The van der Waals surface area contributed by atoms with E-state index in [4.69, 9.17) is 4.74 Å². The lowest BCUT2D eigenvalue weighted by atomic mass is 9.84. The molecular weight excluding hydrogens is 244 g/mol. The van der Waals surface area contributed by atoms with Crippen molar-refractivity contribution in [3.05, 3.63) is 24.0 Å². The minimum atomic E-state index is -0.191. The first kappa shape index (κ1) is 12.3. The number of nitrogens with one attached hydrogen (secondary N) is 2. The van der Waals surface area contributed by atoms with Gasteiger partial charge in [-0.1, -0.05) is 0 Å². The van der Waals surface area contributed by atoms with Gasteiger partial charge in [-0.15, -0.1) is 0 Å². The van der Waals surface area contributed by atoms with E-state index in [0.29, 0.717) is 17.5 Å². The van der Waals surface area contributed by atoms with Gasteiger partial charge in [0.1, 0.15) is 5.69 Å². The van der Waals surface area contributed by atoms with Crippen LogP contribution in [0.1, 0.15) is 29.8 Å². The SMILES string of the molecule is COC(=O)[C@@H]1[C@H]2CC[C@@H](C2)[C@@H]1NC(=O)c1ccc[nH]1. The van der Waals surface area contributed by atoms with Crippen LogP contribution in [-0.2, 0) is 9.53 Å². The summed E-state index contributed by atoms with van der Waals surface area (Å²) in [5.74, 6) is 0.266. The highest BCUT2D eigenvalue weighted by Gasteiger charge is 2.52. The van der Waals surface area contributed by atoms with Gasteiger partial charge < -0.3 is 15.0 Å². The molecule has 102 valence electrons. The maximum absolute atomic E-state index is 12.1. The van der Waals surface area contributed by atoms with E-state index in [2.05, 4.69) is 10.3 Å². The molecule has 1 aromatic rings. The zero-order chi connectivity index (χ0) is 13.4. The number of amides is 1. The van der Waals surface area contributed by atoms with E-state index in [-0.39, 0.29) is 23.8 Å². The van der Waals surface area contributed by atoms with Gasteiger partial charge in [-0.3, -0.25) is 9.59 Å². The fourth-order valence-corrected chi connectivity index (χ4v) is 3.67. The fraction of sp³-hybridized carbons (Fsp3) is 0.571. The summed E-state index contributed by atoms with van der Waals surface area (Å²) in [4.78, 5) is 26.9. The fourth-order valence-electron chi connectivity index (χ4n) is 3.67. The number of ether oxygens (including phenoxy) is 1. The van der Waals surface area contributed by atoms with E-state index in [9.17, 15) is 9.59 Å². The smallest absolute Gasteiger partial charge is 0.311 e. The summed E-state index contributed by atoms with van der Waals surface area (Å²) in [6.07, 6.45) is 4.90. The number of carbonyl (C=O) groups is 2. The van der Waals surface area contributed by atoms with Gasteiger partial charge in [-0.2, -0.15) is 0 Å². The summed E-state index contributed by atoms with van der Waals surface area (Å²) >= 11 is 0. The molecule has 1 aromatic heterocycles. The molecule has 2 aliphatic carbocycles. The summed E-state index contributed by atoms with van der Waals surface area (Å²) in [6.45, 7) is 0. The second kappa shape index (κ2) is 4.72. The largest absolute Gasteiger partial charge is 0.469 e. The first-order chi connectivity index (χ1) is 9.20. The highest BCUT2D eigenvalue weighted by Crippen LogP contribution is 2.48. The van der Waals surface area contributed by atoms with Crippen LogP contribution >= 0.6 is 0 Å². The molecule has 2 bridgehead atoms. The molecule has 5 heteroatoms. The van der Waals surface area contributed by atoms with Gasteiger partial charge in [-0.25, -0.2) is 0 Å². The maximum atomic E-state index is 12.1. The van der Waals surface area contributed by atoms with E-state index in [1.54, 1.807) is 18.3 Å². The molecule has 0 radical (unpaired) electrons. The number of hydrogen-bond donors (Lipinski definition) is 2. The molecular formula is C14H18N2O3. The number of H-pyrrole nitrogens is 1. The minimum Gasteiger partial charge on any atom is -0.469 e. The summed E-state index contributed by atoms with van der Waals surface area (Å²) in [5.41, 5.74) is 0.534. The Hall–Kier alpha value is -1.78. The Morgan fingerprint density at radius 2 is 2.16 bits per heavy atom. The average Bonchev–Trinajstić information content (AvgIpc) is 3.13. The highest BCUT2D eigenvalue weighted by molar-refractivity contribution is 5.93. The van der Waals surface area contributed by atoms with Crippen LogP contribution in [0.25, 0.3) is 0 Å². The first-order valence-corrected chi connectivity index (χ1v) is 6.72. The highest BCUT2D eigenvalue weighted by atomic mass is 16.5. The van der Waals surface area contributed by atoms with Gasteiger partial charge in [0.05, 0.1) is 13.0 Å². The third-order valence-electron chi connectivity index (χ3n) is 4.53. The zero-order valence-electron chi connectivity index (χ0n) is 10.9. The van der Waals surface area contributed by atoms with Crippen LogP contribution in [0.5, 0.6) is 0 Å². The lowest BCUT2D eigenvalue weighted by Gasteiger charge is -2.29. The second-order valence-electron chi connectivity index (χ2n) is 5.47. The van der Waals surface area contributed by atoms with Crippen molar-refractivity contribution in [1.29, 1.82) is 0 Å². The zero-order valence-corrected chi connectivity index (χ0v) is 10.9. The molecule has 3 rings (SSSR count). The van der Waals surface area contributed by atoms with E-state index < -0.39 is 0 Å². The van der Waals surface area contributed by atoms with Gasteiger partial charge in [0, 0.05) is 12.2 Å². The third kappa shape index (κ3) is 2.03. The van der Waals surface area contributed by atoms with Crippen molar-refractivity contribution in [3.8, 4) is 0 Å². The monoisotopic (exact) mass is 262 g/mol. The first-order valence-electron chi connectivity index (χ1n) is 6.72. The number of aromatic nitrogens is 1. The number of aromatic amines is 1. The van der Waals surface area contributed by atoms with Crippen molar-refractivity contribution in [2.45, 2.75) is 25.3 Å². The molecule has 2 fully saturated rings. The normalized spacial score (nSPS) is 32.3. The van der Waals surface area contributed by atoms with E-state index >= 15 is 0 Å². The van der Waals surface area contributed by atoms with Gasteiger partial charge in [0.15, 0.2) is 0 Å². The number of fused-ring (bicyclic) bond motifs is 2. The molecule has 1 amide bonds. The molecule has 0 spiro atoms. The molecule has 0 aliphatic heterocycles. The summed E-state index contributed by atoms with van der Waals surface area (Å²) < 4.78 is 4.89. The summed E-state index contributed by atoms with van der Waals surface area (Å²) in [7, 11) is 1.41. The van der Waals surface area contributed by atoms with Crippen LogP contribution in [0.3, 0.4) is 0 Å². The third-order valence-corrected chi connectivity index (χ3v) is 4.53. The van der Waals surface area contributed by atoms with Crippen molar-refractivity contribution in [2.75, 3.05) is 7.11 Å². The number of methoxy groups -OCH3 is 1. The second-order valence-corrected chi connectivity index (χ2v) is 5.47. The predicted octanol–water partition coefficient (Wildman–Crippen LogP) is 1.33. The predicted molar refractivity (Wildman–Crippen MR) is 68.4 cm³/mol. The number of carbonyl (C=O) groups excluding carboxylic acids is 2. The Morgan fingerprint density at radius 1 is 1.37 bits per heavy atom. The molecule has 2 saturated carbocycles. The van der Waals surface area contributed by atoms with Gasteiger partial charge in [0.2, 0.25) is 0 Å². The van der Waals surface area contributed by atoms with Crippen molar-refractivity contribution in [1.82, 2.24) is 10.3 Å². The number of rotatable bonds is 3. The van der Waals surface area contributed by atoms with E-state index in [0.717, 1.165) is 19.3 Å². The standard InChI is InChI=1S/C14H18N2O3/c1-19-14(18)11-8-4-5-9(7-8)12(11)16-13(17)10-3-2-6-15-10/h2-3,6,8-9,11-12,15H,4-5,7H2,1H3,(H,16,17)/t8-,9-,11+,12-/m0/s1. The van der Waals surface area contributed by atoms with Gasteiger partial charge in [0.25, 0.3) is 5.91 Å².